The molecule has 0 radical (unpaired) electrons. The molecule has 0 unspecified atom stereocenters. The van der Waals surface area contributed by atoms with Gasteiger partial charge < -0.3 is 9.64 Å². The molecule has 0 atom stereocenters. The Morgan fingerprint density at radius 1 is 1.42 bits per heavy atom. The fraction of sp³-hybridized carbons (Fsp3) is 0.471. The van der Waals surface area contributed by atoms with Crippen molar-refractivity contribution in [1.29, 1.82) is 0 Å². The molecule has 128 valence electrons. The summed E-state index contributed by atoms with van der Waals surface area (Å²) in [5, 5.41) is 4.54. The SMILES string of the molecule is CCOC(=O)c1nn(C(C)C)c2c1CN(c1ccc(Br)cn1)CC2. The molecule has 24 heavy (non-hydrogen) atoms. The second-order valence-electron chi connectivity index (χ2n) is 6.04. The quantitative estimate of drug-likeness (QED) is 0.746. The molecule has 2 aromatic rings. The zero-order valence-electron chi connectivity index (χ0n) is 14.1. The molecule has 0 aromatic carbocycles. The lowest BCUT2D eigenvalue weighted by Gasteiger charge is -2.29. The molecule has 0 N–H and O–H groups in total. The fourth-order valence-electron chi connectivity index (χ4n) is 2.99. The van der Waals surface area contributed by atoms with Gasteiger partial charge in [-0.3, -0.25) is 4.68 Å². The number of ether oxygens (including phenoxy) is 1. The maximum Gasteiger partial charge on any atom is 0.359 e. The molecule has 3 rings (SSSR count). The van der Waals surface area contributed by atoms with Crippen LogP contribution in [0.2, 0.25) is 0 Å². The van der Waals surface area contributed by atoms with E-state index in [1.54, 1.807) is 6.20 Å². The van der Waals surface area contributed by atoms with E-state index in [1.807, 2.05) is 23.7 Å². The lowest BCUT2D eigenvalue weighted by molar-refractivity contribution is 0.0517. The van der Waals surface area contributed by atoms with E-state index in [0.29, 0.717) is 18.8 Å². The number of aromatic nitrogens is 3. The molecule has 0 saturated heterocycles. The van der Waals surface area contributed by atoms with Gasteiger partial charge in [0.15, 0.2) is 5.69 Å². The number of nitrogens with zero attached hydrogens (tertiary/aromatic N) is 4. The molecule has 2 aromatic heterocycles. The predicted molar refractivity (Wildman–Crippen MR) is 95.3 cm³/mol. The van der Waals surface area contributed by atoms with E-state index in [0.717, 1.165) is 34.5 Å². The second kappa shape index (κ2) is 6.93. The number of halogens is 1. The van der Waals surface area contributed by atoms with Crippen molar-refractivity contribution < 1.29 is 9.53 Å². The van der Waals surface area contributed by atoms with Gasteiger partial charge in [0.25, 0.3) is 0 Å². The smallest absolute Gasteiger partial charge is 0.359 e. The first-order chi connectivity index (χ1) is 11.5. The average molecular weight is 393 g/mol. The van der Waals surface area contributed by atoms with Gasteiger partial charge in [-0.05, 0) is 48.8 Å². The van der Waals surface area contributed by atoms with Gasteiger partial charge in [-0.25, -0.2) is 9.78 Å². The third-order valence-corrected chi connectivity index (χ3v) is 4.55. The van der Waals surface area contributed by atoms with Crippen molar-refractivity contribution in [3.05, 3.63) is 39.8 Å². The molecular formula is C17H21BrN4O2. The number of rotatable bonds is 4. The van der Waals surface area contributed by atoms with E-state index in [1.165, 1.54) is 0 Å². The highest BCUT2D eigenvalue weighted by atomic mass is 79.9. The monoisotopic (exact) mass is 392 g/mol. The van der Waals surface area contributed by atoms with E-state index >= 15 is 0 Å². The van der Waals surface area contributed by atoms with E-state index in [-0.39, 0.29) is 12.0 Å². The maximum atomic E-state index is 12.3. The van der Waals surface area contributed by atoms with E-state index in [9.17, 15) is 4.79 Å². The molecule has 0 amide bonds. The molecule has 7 heteroatoms. The Morgan fingerprint density at radius 3 is 2.83 bits per heavy atom. The van der Waals surface area contributed by atoms with Crippen LogP contribution in [0.1, 0.15) is 48.6 Å². The minimum Gasteiger partial charge on any atom is -0.461 e. The minimum absolute atomic E-state index is 0.208. The summed E-state index contributed by atoms with van der Waals surface area (Å²) in [6.45, 7) is 7.77. The van der Waals surface area contributed by atoms with Crippen molar-refractivity contribution in [3.63, 3.8) is 0 Å². The average Bonchev–Trinajstić information content (AvgIpc) is 2.95. The Balaban J connectivity index is 1.96. The molecular weight excluding hydrogens is 372 g/mol. The number of pyridine rings is 1. The van der Waals surface area contributed by atoms with Crippen LogP contribution >= 0.6 is 15.9 Å². The molecule has 1 aliphatic heterocycles. The van der Waals surface area contributed by atoms with Crippen LogP contribution < -0.4 is 4.90 Å². The Hall–Kier alpha value is -1.89. The van der Waals surface area contributed by atoms with Gasteiger partial charge in [-0.1, -0.05) is 0 Å². The van der Waals surface area contributed by atoms with Gasteiger partial charge in [0.05, 0.1) is 6.61 Å². The normalized spacial score (nSPS) is 14.0. The predicted octanol–water partition coefficient (Wildman–Crippen LogP) is 3.36. The summed E-state index contributed by atoms with van der Waals surface area (Å²) in [4.78, 5) is 18.9. The van der Waals surface area contributed by atoms with Gasteiger partial charge in [0.2, 0.25) is 0 Å². The van der Waals surface area contributed by atoms with Crippen LogP contribution in [0.3, 0.4) is 0 Å². The second-order valence-corrected chi connectivity index (χ2v) is 6.95. The summed E-state index contributed by atoms with van der Waals surface area (Å²) in [7, 11) is 0. The van der Waals surface area contributed by atoms with E-state index < -0.39 is 0 Å². The number of esters is 1. The topological polar surface area (TPSA) is 60.2 Å². The summed E-state index contributed by atoms with van der Waals surface area (Å²) >= 11 is 3.41. The molecule has 0 bridgehead atoms. The fourth-order valence-corrected chi connectivity index (χ4v) is 3.22. The highest BCUT2D eigenvalue weighted by Gasteiger charge is 2.30. The Labute approximate surface area is 149 Å². The highest BCUT2D eigenvalue weighted by Crippen LogP contribution is 2.28. The number of hydrogen-bond acceptors (Lipinski definition) is 5. The largest absolute Gasteiger partial charge is 0.461 e. The van der Waals surface area contributed by atoms with Crippen LogP contribution in [-0.2, 0) is 17.7 Å². The molecule has 0 spiro atoms. The zero-order valence-corrected chi connectivity index (χ0v) is 15.7. The van der Waals surface area contributed by atoms with Crippen LogP contribution in [0.15, 0.2) is 22.8 Å². The molecule has 0 aliphatic carbocycles. The Kier molecular flexibility index (Phi) is 4.89. The zero-order chi connectivity index (χ0) is 17.3. The van der Waals surface area contributed by atoms with Crippen molar-refractivity contribution in [1.82, 2.24) is 14.8 Å². The van der Waals surface area contributed by atoms with Crippen LogP contribution in [0, 0.1) is 0 Å². The third-order valence-electron chi connectivity index (χ3n) is 4.08. The van der Waals surface area contributed by atoms with Crippen molar-refractivity contribution in [2.45, 2.75) is 39.8 Å². The Bertz CT molecular complexity index is 740. The molecule has 0 fully saturated rings. The van der Waals surface area contributed by atoms with Crippen LogP contribution in [0.4, 0.5) is 5.82 Å². The number of carbonyl (C=O) groups is 1. The van der Waals surface area contributed by atoms with Crippen molar-refractivity contribution in [2.24, 2.45) is 0 Å². The third kappa shape index (κ3) is 3.17. The van der Waals surface area contributed by atoms with E-state index in [2.05, 4.69) is 44.8 Å². The van der Waals surface area contributed by atoms with Crippen LogP contribution in [-0.4, -0.2) is 33.9 Å². The number of fused-ring (bicyclic) bond motifs is 1. The summed E-state index contributed by atoms with van der Waals surface area (Å²) in [6, 6.07) is 4.16. The van der Waals surface area contributed by atoms with Crippen molar-refractivity contribution in [3.8, 4) is 0 Å². The molecule has 6 nitrogen and oxygen atoms in total. The van der Waals surface area contributed by atoms with Gasteiger partial charge in [-0.2, -0.15) is 5.10 Å². The highest BCUT2D eigenvalue weighted by molar-refractivity contribution is 9.10. The lowest BCUT2D eigenvalue weighted by Crippen LogP contribution is -2.32. The first-order valence-corrected chi connectivity index (χ1v) is 8.94. The summed E-state index contributed by atoms with van der Waals surface area (Å²) in [5.41, 5.74) is 2.52. The lowest BCUT2D eigenvalue weighted by atomic mass is 10.0. The van der Waals surface area contributed by atoms with Crippen LogP contribution in [0.25, 0.3) is 0 Å². The Morgan fingerprint density at radius 2 is 2.21 bits per heavy atom. The minimum atomic E-state index is -0.348. The van der Waals surface area contributed by atoms with Crippen molar-refractivity contribution >= 4 is 27.7 Å². The van der Waals surface area contributed by atoms with Gasteiger partial charge in [0.1, 0.15) is 5.82 Å². The first-order valence-electron chi connectivity index (χ1n) is 8.15. The molecule has 1 aliphatic rings. The van der Waals surface area contributed by atoms with E-state index in [4.69, 9.17) is 4.74 Å². The first kappa shape index (κ1) is 17.0. The van der Waals surface area contributed by atoms with Crippen molar-refractivity contribution in [2.75, 3.05) is 18.1 Å². The standard InChI is InChI=1S/C17H21BrN4O2/c1-4-24-17(23)16-13-10-21(15-6-5-12(18)9-19-15)8-7-14(13)22(20-16)11(2)3/h5-6,9,11H,4,7-8,10H2,1-3H3. The number of carbonyl (C=O) groups excluding carboxylic acids is 1. The van der Waals surface area contributed by atoms with Gasteiger partial charge in [0, 0.05) is 47.5 Å². The molecule has 3 heterocycles. The van der Waals surface area contributed by atoms with Crippen LogP contribution in [0.5, 0.6) is 0 Å². The summed E-state index contributed by atoms with van der Waals surface area (Å²) < 4.78 is 8.09. The molecule has 0 saturated carbocycles. The summed E-state index contributed by atoms with van der Waals surface area (Å²) in [6.07, 6.45) is 2.62. The number of anilines is 1. The summed E-state index contributed by atoms with van der Waals surface area (Å²) in [5.74, 6) is 0.551. The van der Waals surface area contributed by atoms with Gasteiger partial charge in [-0.15, -0.1) is 0 Å². The maximum absolute atomic E-state index is 12.3. The van der Waals surface area contributed by atoms with Gasteiger partial charge >= 0.3 is 5.97 Å². The number of hydrogen-bond donors (Lipinski definition) is 0.